The third-order valence-electron chi connectivity index (χ3n) is 2.32. The van der Waals surface area contributed by atoms with Crippen molar-refractivity contribution in [2.45, 2.75) is 0 Å². The summed E-state index contributed by atoms with van der Waals surface area (Å²) in [7, 11) is 0. The van der Waals surface area contributed by atoms with E-state index in [1.807, 2.05) is 24.3 Å². The Hall–Kier alpha value is -1.66. The van der Waals surface area contributed by atoms with E-state index in [1.54, 1.807) is 10.6 Å². The van der Waals surface area contributed by atoms with Crippen molar-refractivity contribution in [1.29, 1.82) is 0 Å². The van der Waals surface area contributed by atoms with Crippen molar-refractivity contribution in [2.75, 3.05) is 5.32 Å². The van der Waals surface area contributed by atoms with Crippen LogP contribution in [0, 0.1) is 0 Å². The molecule has 0 aliphatic carbocycles. The van der Waals surface area contributed by atoms with E-state index < -0.39 is 0 Å². The van der Waals surface area contributed by atoms with Gasteiger partial charge in [0.1, 0.15) is 17.3 Å². The number of aromatic nitrogens is 4. The lowest BCUT2D eigenvalue weighted by molar-refractivity contribution is 0.947. The Morgan fingerprint density at radius 3 is 3.00 bits per heavy atom. The Labute approximate surface area is 116 Å². The quantitative estimate of drug-likeness (QED) is 0.735. The van der Waals surface area contributed by atoms with Crippen LogP contribution in [0.25, 0.3) is 5.78 Å². The number of nitrogens with one attached hydrogen (secondary N) is 1. The van der Waals surface area contributed by atoms with Crippen molar-refractivity contribution in [2.24, 2.45) is 0 Å². The molecule has 0 unspecified atom stereocenters. The maximum Gasteiger partial charge on any atom is 0.255 e. The van der Waals surface area contributed by atoms with E-state index in [1.165, 1.54) is 6.33 Å². The summed E-state index contributed by atoms with van der Waals surface area (Å²) >= 11 is 9.36. The lowest BCUT2D eigenvalue weighted by atomic mass is 10.3. The summed E-state index contributed by atoms with van der Waals surface area (Å²) in [5.41, 5.74) is 0.920. The second-order valence-electron chi connectivity index (χ2n) is 3.57. The van der Waals surface area contributed by atoms with E-state index in [4.69, 9.17) is 11.6 Å². The van der Waals surface area contributed by atoms with Gasteiger partial charge in [0.05, 0.1) is 0 Å². The average molecular weight is 325 g/mol. The molecule has 2 heterocycles. The maximum absolute atomic E-state index is 5.94. The fourth-order valence-electron chi connectivity index (χ4n) is 1.59. The fraction of sp³-hybridized carbons (Fsp3) is 0. The zero-order chi connectivity index (χ0) is 12.5. The topological polar surface area (TPSA) is 55.1 Å². The summed E-state index contributed by atoms with van der Waals surface area (Å²) in [4.78, 5) is 8.07. The molecule has 90 valence electrons. The van der Waals surface area contributed by atoms with E-state index in [0.29, 0.717) is 16.7 Å². The van der Waals surface area contributed by atoms with Gasteiger partial charge in [0.2, 0.25) is 0 Å². The third kappa shape index (κ3) is 2.16. The van der Waals surface area contributed by atoms with Crippen LogP contribution in [0.5, 0.6) is 0 Å². The minimum Gasteiger partial charge on any atom is -0.340 e. The monoisotopic (exact) mass is 323 g/mol. The first-order valence-corrected chi connectivity index (χ1v) is 6.28. The van der Waals surface area contributed by atoms with Crippen LogP contribution in [0.1, 0.15) is 0 Å². The number of nitrogens with zero attached hydrogens (tertiary/aromatic N) is 4. The third-order valence-corrected chi connectivity index (χ3v) is 3.00. The Kier molecular flexibility index (Phi) is 2.89. The lowest BCUT2D eigenvalue weighted by Crippen LogP contribution is -2.01. The molecule has 1 N–H and O–H groups in total. The molecular weight excluding hydrogens is 318 g/mol. The predicted molar refractivity (Wildman–Crippen MR) is 73.2 cm³/mol. The summed E-state index contributed by atoms with van der Waals surface area (Å²) < 4.78 is 2.58. The van der Waals surface area contributed by atoms with Crippen LogP contribution in [0.2, 0.25) is 5.15 Å². The van der Waals surface area contributed by atoms with Crippen LogP contribution in [-0.4, -0.2) is 19.6 Å². The van der Waals surface area contributed by atoms with Crippen molar-refractivity contribution in [3.8, 4) is 0 Å². The number of hydrogen-bond donors (Lipinski definition) is 1. The summed E-state index contributed by atoms with van der Waals surface area (Å²) in [6.07, 6.45) is 1.44. The van der Waals surface area contributed by atoms with Gasteiger partial charge in [0.15, 0.2) is 0 Å². The zero-order valence-electron chi connectivity index (χ0n) is 9.01. The van der Waals surface area contributed by atoms with E-state index >= 15 is 0 Å². The molecule has 3 aromatic rings. The molecule has 0 saturated heterocycles. The molecule has 0 atom stereocenters. The Balaban J connectivity index is 2.06. The van der Waals surface area contributed by atoms with Crippen molar-refractivity contribution >= 4 is 44.8 Å². The first-order valence-electron chi connectivity index (χ1n) is 5.11. The van der Waals surface area contributed by atoms with Crippen LogP contribution in [0.15, 0.2) is 41.1 Å². The van der Waals surface area contributed by atoms with Crippen LogP contribution >= 0.6 is 27.5 Å². The number of benzene rings is 1. The van der Waals surface area contributed by atoms with Gasteiger partial charge in [0, 0.05) is 16.2 Å². The maximum atomic E-state index is 5.94. The Morgan fingerprint density at radius 2 is 2.17 bits per heavy atom. The van der Waals surface area contributed by atoms with Crippen molar-refractivity contribution in [1.82, 2.24) is 19.6 Å². The second-order valence-corrected chi connectivity index (χ2v) is 4.87. The average Bonchev–Trinajstić information content (AvgIpc) is 2.77. The molecule has 3 rings (SSSR count). The van der Waals surface area contributed by atoms with Crippen molar-refractivity contribution < 1.29 is 0 Å². The largest absolute Gasteiger partial charge is 0.340 e. The van der Waals surface area contributed by atoms with Gasteiger partial charge in [-0.25, -0.2) is 0 Å². The number of fused-ring (bicyclic) bond motifs is 1. The minimum absolute atomic E-state index is 0.369. The molecule has 0 amide bonds. The zero-order valence-corrected chi connectivity index (χ0v) is 11.4. The Morgan fingerprint density at radius 1 is 1.28 bits per heavy atom. The van der Waals surface area contributed by atoms with Crippen LogP contribution < -0.4 is 5.32 Å². The fourth-order valence-corrected chi connectivity index (χ4v) is 2.16. The predicted octanol–water partition coefficient (Wildman–Crippen LogP) is 3.28. The van der Waals surface area contributed by atoms with E-state index in [2.05, 4.69) is 36.3 Å². The number of halogens is 2. The lowest BCUT2D eigenvalue weighted by Gasteiger charge is -2.08. The van der Waals surface area contributed by atoms with Crippen molar-refractivity contribution in [3.05, 3.63) is 46.3 Å². The van der Waals surface area contributed by atoms with Gasteiger partial charge >= 0.3 is 0 Å². The standard InChI is InChI=1S/C11H7BrClN5/c12-7-2-1-3-8(4-7)16-10-5-9(13)17-11-14-6-15-18(10)11/h1-6,16H. The van der Waals surface area contributed by atoms with E-state index in [-0.39, 0.29) is 0 Å². The summed E-state index contributed by atoms with van der Waals surface area (Å²) in [5, 5.41) is 7.68. The molecular formula is C11H7BrClN5. The molecule has 5 nitrogen and oxygen atoms in total. The SMILES string of the molecule is Clc1cc(Nc2cccc(Br)c2)n2ncnc2n1. The summed E-state index contributed by atoms with van der Waals surface area (Å²) in [5.74, 6) is 1.17. The van der Waals surface area contributed by atoms with Gasteiger partial charge in [-0.1, -0.05) is 33.6 Å². The van der Waals surface area contributed by atoms with Gasteiger partial charge < -0.3 is 5.32 Å². The molecule has 0 spiro atoms. The first-order chi connectivity index (χ1) is 8.72. The van der Waals surface area contributed by atoms with Gasteiger partial charge in [-0.05, 0) is 18.2 Å². The van der Waals surface area contributed by atoms with Crippen LogP contribution in [0.3, 0.4) is 0 Å². The first kappa shape index (κ1) is 11.4. The van der Waals surface area contributed by atoms with Crippen LogP contribution in [-0.2, 0) is 0 Å². The molecule has 0 aliphatic rings. The highest BCUT2D eigenvalue weighted by atomic mass is 79.9. The second kappa shape index (κ2) is 4.55. The highest BCUT2D eigenvalue weighted by Crippen LogP contribution is 2.22. The molecule has 0 radical (unpaired) electrons. The van der Waals surface area contributed by atoms with Crippen molar-refractivity contribution in [3.63, 3.8) is 0 Å². The highest BCUT2D eigenvalue weighted by Gasteiger charge is 2.06. The van der Waals surface area contributed by atoms with E-state index in [9.17, 15) is 0 Å². The molecule has 0 aliphatic heterocycles. The minimum atomic E-state index is 0.369. The van der Waals surface area contributed by atoms with Gasteiger partial charge in [-0.15, -0.1) is 0 Å². The number of anilines is 2. The van der Waals surface area contributed by atoms with Gasteiger partial charge in [0.25, 0.3) is 5.78 Å². The molecule has 0 fully saturated rings. The Bertz CT molecular complexity index is 711. The molecule has 7 heteroatoms. The molecule has 0 bridgehead atoms. The smallest absolute Gasteiger partial charge is 0.255 e. The summed E-state index contributed by atoms with van der Waals surface area (Å²) in [6.45, 7) is 0. The number of hydrogen-bond acceptors (Lipinski definition) is 4. The molecule has 1 aromatic carbocycles. The molecule has 0 saturated carbocycles. The van der Waals surface area contributed by atoms with Gasteiger partial charge in [-0.3, -0.25) is 0 Å². The summed E-state index contributed by atoms with van der Waals surface area (Å²) in [6, 6.07) is 9.49. The molecule has 2 aromatic heterocycles. The van der Waals surface area contributed by atoms with Gasteiger partial charge in [-0.2, -0.15) is 19.6 Å². The molecule has 18 heavy (non-hydrogen) atoms. The highest BCUT2D eigenvalue weighted by molar-refractivity contribution is 9.10. The van der Waals surface area contributed by atoms with Crippen LogP contribution in [0.4, 0.5) is 11.5 Å². The van der Waals surface area contributed by atoms with E-state index in [0.717, 1.165) is 10.2 Å². The normalized spacial score (nSPS) is 10.8. The number of rotatable bonds is 2.